The third-order valence-electron chi connectivity index (χ3n) is 1.59. The molecule has 0 aromatic heterocycles. The molecule has 0 radical (unpaired) electrons. The zero-order chi connectivity index (χ0) is 8.27. The van der Waals surface area contributed by atoms with Gasteiger partial charge in [0.15, 0.2) is 0 Å². The molecule has 0 aliphatic rings. The lowest BCUT2D eigenvalue weighted by Crippen LogP contribution is -1.91. The number of hydrogen-bond acceptors (Lipinski definition) is 1. The molecule has 0 aliphatic carbocycles. The van der Waals surface area contributed by atoms with E-state index in [4.69, 9.17) is 0 Å². The maximum atomic E-state index is 9.23. The second-order valence-corrected chi connectivity index (χ2v) is 3.12. The zero-order valence-electron chi connectivity index (χ0n) is 6.42. The molecule has 1 aromatic carbocycles. The lowest BCUT2D eigenvalue weighted by Gasteiger charge is -2.04. The number of halogens is 1. The van der Waals surface area contributed by atoms with Crippen LogP contribution in [0.3, 0.4) is 0 Å². The number of hydrogen-bond donors (Lipinski definition) is 1. The number of alkyl halides is 1. The highest BCUT2D eigenvalue weighted by Crippen LogP contribution is 2.14. The summed E-state index contributed by atoms with van der Waals surface area (Å²) in [6.07, 6.45) is -0.367. The van der Waals surface area contributed by atoms with Gasteiger partial charge in [0.25, 0.3) is 0 Å². The topological polar surface area (TPSA) is 20.2 Å². The van der Waals surface area contributed by atoms with Crippen molar-refractivity contribution in [1.82, 2.24) is 0 Å². The highest BCUT2D eigenvalue weighted by molar-refractivity contribution is 9.08. The van der Waals surface area contributed by atoms with Crippen molar-refractivity contribution in [1.29, 1.82) is 0 Å². The average Bonchev–Trinajstić information content (AvgIpc) is 2.05. The molecular weight excluding hydrogens is 204 g/mol. The van der Waals surface area contributed by atoms with Crippen LogP contribution >= 0.6 is 15.9 Å². The summed E-state index contributed by atoms with van der Waals surface area (Å²) >= 11 is 3.36. The van der Waals surface area contributed by atoms with Crippen LogP contribution in [-0.2, 0) is 5.33 Å². The number of aliphatic hydroxyl groups excluding tert-OH is 1. The predicted octanol–water partition coefficient (Wildman–Crippen LogP) is 2.63. The van der Waals surface area contributed by atoms with Gasteiger partial charge in [-0.05, 0) is 18.1 Å². The van der Waals surface area contributed by atoms with Crippen molar-refractivity contribution < 1.29 is 5.11 Å². The highest BCUT2D eigenvalue weighted by atomic mass is 79.9. The Balaban J connectivity index is 2.91. The van der Waals surface area contributed by atoms with E-state index in [2.05, 4.69) is 15.9 Å². The first-order chi connectivity index (χ1) is 5.24. The molecule has 1 atom stereocenters. The van der Waals surface area contributed by atoms with Gasteiger partial charge in [0, 0.05) is 5.33 Å². The Morgan fingerprint density at radius 2 is 2.27 bits per heavy atom. The van der Waals surface area contributed by atoms with Gasteiger partial charge in [0.05, 0.1) is 6.10 Å². The Hall–Kier alpha value is -0.340. The SMILES string of the molecule is CC(O)c1cccc(CBr)c1. The fourth-order valence-electron chi connectivity index (χ4n) is 0.936. The first kappa shape index (κ1) is 8.75. The third kappa shape index (κ3) is 2.31. The van der Waals surface area contributed by atoms with Crippen molar-refractivity contribution >= 4 is 15.9 Å². The van der Waals surface area contributed by atoms with Gasteiger partial charge in [0.1, 0.15) is 0 Å². The van der Waals surface area contributed by atoms with E-state index in [1.807, 2.05) is 24.3 Å². The molecule has 11 heavy (non-hydrogen) atoms. The van der Waals surface area contributed by atoms with Crippen LogP contribution in [0.25, 0.3) is 0 Å². The first-order valence-electron chi connectivity index (χ1n) is 3.57. The monoisotopic (exact) mass is 214 g/mol. The number of aliphatic hydroxyl groups is 1. The molecule has 2 heteroatoms. The van der Waals surface area contributed by atoms with Crippen LogP contribution < -0.4 is 0 Å². The maximum Gasteiger partial charge on any atom is 0.0762 e. The molecule has 0 bridgehead atoms. The standard InChI is InChI=1S/C9H11BrO/c1-7(11)9-4-2-3-8(5-9)6-10/h2-5,7,11H,6H2,1H3. The largest absolute Gasteiger partial charge is 0.389 e. The summed E-state index contributed by atoms with van der Waals surface area (Å²) in [5.74, 6) is 0. The van der Waals surface area contributed by atoms with Crippen molar-refractivity contribution in [2.24, 2.45) is 0 Å². The second kappa shape index (κ2) is 3.88. The van der Waals surface area contributed by atoms with Crippen molar-refractivity contribution in [3.8, 4) is 0 Å². The van der Waals surface area contributed by atoms with Gasteiger partial charge in [-0.15, -0.1) is 0 Å². The van der Waals surface area contributed by atoms with Crippen LogP contribution in [0.2, 0.25) is 0 Å². The summed E-state index contributed by atoms with van der Waals surface area (Å²) in [4.78, 5) is 0. The molecule has 1 aromatic rings. The Bertz CT molecular complexity index is 233. The lowest BCUT2D eigenvalue weighted by atomic mass is 10.1. The van der Waals surface area contributed by atoms with Crippen molar-refractivity contribution in [3.05, 3.63) is 35.4 Å². The van der Waals surface area contributed by atoms with Gasteiger partial charge in [0.2, 0.25) is 0 Å². The fourth-order valence-corrected chi connectivity index (χ4v) is 1.28. The summed E-state index contributed by atoms with van der Waals surface area (Å²) < 4.78 is 0. The van der Waals surface area contributed by atoms with Crippen molar-refractivity contribution in [2.75, 3.05) is 0 Å². The smallest absolute Gasteiger partial charge is 0.0762 e. The van der Waals surface area contributed by atoms with E-state index in [9.17, 15) is 5.11 Å². The van der Waals surface area contributed by atoms with E-state index in [0.717, 1.165) is 10.9 Å². The molecule has 0 saturated heterocycles. The fraction of sp³-hybridized carbons (Fsp3) is 0.333. The zero-order valence-corrected chi connectivity index (χ0v) is 8.01. The van der Waals surface area contributed by atoms with Gasteiger partial charge in [-0.3, -0.25) is 0 Å². The highest BCUT2D eigenvalue weighted by Gasteiger charge is 1.99. The van der Waals surface area contributed by atoms with Crippen LogP contribution in [-0.4, -0.2) is 5.11 Å². The molecule has 0 spiro atoms. The molecule has 0 fully saturated rings. The Morgan fingerprint density at radius 1 is 1.55 bits per heavy atom. The van der Waals surface area contributed by atoms with Crippen LogP contribution in [0.1, 0.15) is 24.2 Å². The molecule has 1 unspecified atom stereocenters. The van der Waals surface area contributed by atoms with Crippen LogP contribution in [0.5, 0.6) is 0 Å². The third-order valence-corrected chi connectivity index (χ3v) is 2.24. The quantitative estimate of drug-likeness (QED) is 0.752. The molecule has 0 amide bonds. The van der Waals surface area contributed by atoms with Gasteiger partial charge >= 0.3 is 0 Å². The summed E-state index contributed by atoms with van der Waals surface area (Å²) in [6.45, 7) is 1.77. The molecular formula is C9H11BrO. The number of rotatable bonds is 2. The lowest BCUT2D eigenvalue weighted by molar-refractivity contribution is 0.199. The van der Waals surface area contributed by atoms with E-state index < -0.39 is 0 Å². The summed E-state index contributed by atoms with van der Waals surface area (Å²) in [6, 6.07) is 7.91. The summed E-state index contributed by atoms with van der Waals surface area (Å²) in [5.41, 5.74) is 2.17. The molecule has 1 nitrogen and oxygen atoms in total. The van der Waals surface area contributed by atoms with Crippen LogP contribution in [0.15, 0.2) is 24.3 Å². The van der Waals surface area contributed by atoms with E-state index in [0.29, 0.717) is 0 Å². The molecule has 1 rings (SSSR count). The van der Waals surface area contributed by atoms with Gasteiger partial charge < -0.3 is 5.11 Å². The average molecular weight is 215 g/mol. The normalized spacial score (nSPS) is 13.0. The van der Waals surface area contributed by atoms with Gasteiger partial charge in [-0.1, -0.05) is 40.2 Å². The van der Waals surface area contributed by atoms with Crippen LogP contribution in [0.4, 0.5) is 0 Å². The van der Waals surface area contributed by atoms with Crippen LogP contribution in [0, 0.1) is 0 Å². The maximum absolute atomic E-state index is 9.23. The Kier molecular flexibility index (Phi) is 3.09. The van der Waals surface area contributed by atoms with E-state index >= 15 is 0 Å². The number of benzene rings is 1. The molecule has 60 valence electrons. The minimum absolute atomic E-state index is 0.367. The minimum atomic E-state index is -0.367. The Morgan fingerprint density at radius 3 is 2.82 bits per heavy atom. The van der Waals surface area contributed by atoms with Crippen molar-refractivity contribution in [3.63, 3.8) is 0 Å². The van der Waals surface area contributed by atoms with E-state index in [1.54, 1.807) is 6.92 Å². The van der Waals surface area contributed by atoms with E-state index in [-0.39, 0.29) is 6.10 Å². The van der Waals surface area contributed by atoms with Gasteiger partial charge in [-0.25, -0.2) is 0 Å². The molecule has 0 saturated carbocycles. The second-order valence-electron chi connectivity index (χ2n) is 2.55. The first-order valence-corrected chi connectivity index (χ1v) is 4.69. The van der Waals surface area contributed by atoms with E-state index in [1.165, 1.54) is 5.56 Å². The Labute approximate surface area is 75.2 Å². The summed E-state index contributed by atoms with van der Waals surface area (Å²) in [7, 11) is 0. The molecule has 0 aliphatic heterocycles. The predicted molar refractivity (Wildman–Crippen MR) is 49.7 cm³/mol. The molecule has 0 heterocycles. The molecule has 1 N–H and O–H groups in total. The summed E-state index contributed by atoms with van der Waals surface area (Å²) in [5, 5.41) is 10.1. The van der Waals surface area contributed by atoms with Gasteiger partial charge in [-0.2, -0.15) is 0 Å². The van der Waals surface area contributed by atoms with Crippen molar-refractivity contribution in [2.45, 2.75) is 18.4 Å². The minimum Gasteiger partial charge on any atom is -0.389 e.